The minimum atomic E-state index is -3.22. The molecule has 0 unspecified atom stereocenters. The van der Waals surface area contributed by atoms with Crippen LogP contribution in [-0.2, 0) is 19.6 Å². The van der Waals surface area contributed by atoms with Gasteiger partial charge in [0, 0.05) is 38.5 Å². The summed E-state index contributed by atoms with van der Waals surface area (Å²) < 4.78 is 69.2. The molecule has 1 aromatic carbocycles. The van der Waals surface area contributed by atoms with E-state index in [0.717, 1.165) is 49.6 Å². The highest BCUT2D eigenvalue weighted by atomic mass is 19.3. The summed E-state index contributed by atoms with van der Waals surface area (Å²) in [6.45, 7) is 9.03. The number of aryl methyl sites for hydroxylation is 1. The number of aromatic nitrogens is 4. The van der Waals surface area contributed by atoms with Gasteiger partial charge >= 0.3 is 0 Å². The van der Waals surface area contributed by atoms with Gasteiger partial charge in [0.25, 0.3) is 11.8 Å². The first-order valence-electron chi connectivity index (χ1n) is 13.7. The standard InChI is InChI=1S/C29H32F4N4O2.C2H6/c1-7-21(28(3,30)31)14-17(2)19-10-8-18(9-11-19)16-39-23-15-22(29(4,32)33)34-26(35-23)24-25(20-12-13-20)36-37(5)27(24)38-6;1-2/h7-11,14-15,20H,12-13,16H2,1-6H3;1-2H3/b17-14+,21-7+;. The quantitative estimate of drug-likeness (QED) is 0.180. The molecule has 0 aliphatic heterocycles. The summed E-state index contributed by atoms with van der Waals surface area (Å²) in [4.78, 5) is 8.61. The molecular weight excluding hydrogens is 536 g/mol. The summed E-state index contributed by atoms with van der Waals surface area (Å²) in [6.07, 6.45) is 4.75. The molecule has 1 aliphatic carbocycles. The summed E-state index contributed by atoms with van der Waals surface area (Å²) in [5, 5.41) is 4.53. The number of hydrogen-bond acceptors (Lipinski definition) is 5. The van der Waals surface area contributed by atoms with E-state index < -0.39 is 17.5 Å². The molecular formula is C31H38F4N4O2. The van der Waals surface area contributed by atoms with Crippen LogP contribution < -0.4 is 9.47 Å². The van der Waals surface area contributed by atoms with Crippen LogP contribution in [0.3, 0.4) is 0 Å². The van der Waals surface area contributed by atoms with Crippen LogP contribution in [0.5, 0.6) is 11.8 Å². The Morgan fingerprint density at radius 2 is 1.71 bits per heavy atom. The van der Waals surface area contributed by atoms with E-state index in [4.69, 9.17) is 9.47 Å². The van der Waals surface area contributed by atoms with Gasteiger partial charge in [-0.25, -0.2) is 18.4 Å². The highest BCUT2D eigenvalue weighted by molar-refractivity contribution is 5.68. The molecule has 1 fully saturated rings. The average molecular weight is 575 g/mol. The van der Waals surface area contributed by atoms with Crippen molar-refractivity contribution >= 4 is 5.57 Å². The smallest absolute Gasteiger partial charge is 0.287 e. The normalized spacial score (nSPS) is 14.4. The number of ether oxygens (including phenoxy) is 2. The lowest BCUT2D eigenvalue weighted by atomic mass is 10.0. The second kappa shape index (κ2) is 12.9. The van der Waals surface area contributed by atoms with Crippen LogP contribution >= 0.6 is 0 Å². The second-order valence-electron chi connectivity index (χ2n) is 9.92. The summed E-state index contributed by atoms with van der Waals surface area (Å²) in [6, 6.07) is 8.31. The van der Waals surface area contributed by atoms with Gasteiger partial charge in [-0.1, -0.05) is 44.2 Å². The largest absolute Gasteiger partial charge is 0.481 e. The maximum atomic E-state index is 14.4. The van der Waals surface area contributed by atoms with Gasteiger partial charge < -0.3 is 9.47 Å². The third-order valence-electron chi connectivity index (χ3n) is 6.54. The van der Waals surface area contributed by atoms with Crippen molar-refractivity contribution in [3.05, 3.63) is 70.6 Å². The van der Waals surface area contributed by atoms with Gasteiger partial charge in [-0.15, -0.1) is 0 Å². The van der Waals surface area contributed by atoms with Crippen LogP contribution in [0.2, 0.25) is 0 Å². The fourth-order valence-corrected chi connectivity index (χ4v) is 4.25. The van der Waals surface area contributed by atoms with Crippen LogP contribution in [0.15, 0.2) is 48.1 Å². The molecule has 4 rings (SSSR count). The van der Waals surface area contributed by atoms with Gasteiger partial charge in [-0.05, 0) is 49.5 Å². The topological polar surface area (TPSA) is 62.1 Å². The molecule has 1 aliphatic rings. The van der Waals surface area contributed by atoms with E-state index >= 15 is 0 Å². The molecule has 0 atom stereocenters. The molecule has 6 nitrogen and oxygen atoms in total. The van der Waals surface area contributed by atoms with E-state index in [2.05, 4.69) is 15.1 Å². The number of alkyl halides is 4. The number of methoxy groups -OCH3 is 1. The Labute approximate surface area is 239 Å². The van der Waals surface area contributed by atoms with E-state index in [9.17, 15) is 17.6 Å². The number of rotatable bonds is 10. The summed E-state index contributed by atoms with van der Waals surface area (Å²) in [5.74, 6) is -5.50. The molecule has 0 radical (unpaired) electrons. The SMILES string of the molecule is C/C=C(\C=C(/C)c1ccc(COc2cc(C(C)(F)F)nc(-c3c(C4CC4)nn(C)c3OC)n2)cc1)C(C)(F)F.CC. The van der Waals surface area contributed by atoms with E-state index in [1.807, 2.05) is 13.8 Å². The third kappa shape index (κ3) is 7.74. The van der Waals surface area contributed by atoms with Crippen LogP contribution in [0.25, 0.3) is 17.0 Å². The second-order valence-corrected chi connectivity index (χ2v) is 9.92. The van der Waals surface area contributed by atoms with Crippen molar-refractivity contribution in [1.29, 1.82) is 0 Å². The minimum Gasteiger partial charge on any atom is -0.481 e. The lowest BCUT2D eigenvalue weighted by Gasteiger charge is -2.15. The van der Waals surface area contributed by atoms with E-state index in [0.29, 0.717) is 17.0 Å². The molecule has 3 aromatic rings. The molecule has 0 bridgehead atoms. The lowest BCUT2D eigenvalue weighted by Crippen LogP contribution is -2.12. The molecule has 41 heavy (non-hydrogen) atoms. The van der Waals surface area contributed by atoms with Gasteiger partial charge in [-0.3, -0.25) is 0 Å². The lowest BCUT2D eigenvalue weighted by molar-refractivity contribution is 0.0123. The molecule has 0 amide bonds. The summed E-state index contributed by atoms with van der Waals surface area (Å²) in [5.41, 5.74) is 2.88. The van der Waals surface area contributed by atoms with Crippen molar-refractivity contribution in [2.24, 2.45) is 7.05 Å². The Hall–Kier alpha value is -3.69. The number of halogens is 4. The zero-order valence-electron chi connectivity index (χ0n) is 24.9. The first-order chi connectivity index (χ1) is 19.3. The van der Waals surface area contributed by atoms with Gasteiger partial charge in [0.05, 0.1) is 12.8 Å². The predicted molar refractivity (Wildman–Crippen MR) is 152 cm³/mol. The first kappa shape index (κ1) is 31.8. The zero-order chi connectivity index (χ0) is 30.5. The molecule has 1 saturated carbocycles. The van der Waals surface area contributed by atoms with Crippen LogP contribution in [-0.4, -0.2) is 32.8 Å². The number of allylic oxidation sites excluding steroid dienone is 4. The van der Waals surface area contributed by atoms with Crippen molar-refractivity contribution in [2.45, 2.75) is 78.8 Å². The molecule has 0 spiro atoms. The van der Waals surface area contributed by atoms with Gasteiger partial charge in [0.2, 0.25) is 11.8 Å². The molecule has 10 heteroatoms. The number of nitrogens with zero attached hydrogens (tertiary/aromatic N) is 4. The van der Waals surface area contributed by atoms with Crippen molar-refractivity contribution in [1.82, 2.24) is 19.7 Å². The van der Waals surface area contributed by atoms with Crippen molar-refractivity contribution < 1.29 is 27.0 Å². The van der Waals surface area contributed by atoms with Gasteiger partial charge in [-0.2, -0.15) is 18.9 Å². The van der Waals surface area contributed by atoms with Crippen molar-refractivity contribution in [3.63, 3.8) is 0 Å². The monoisotopic (exact) mass is 574 g/mol. The van der Waals surface area contributed by atoms with E-state index in [-0.39, 0.29) is 29.8 Å². The summed E-state index contributed by atoms with van der Waals surface area (Å²) >= 11 is 0. The fraction of sp³-hybridized carbons (Fsp3) is 0.452. The molecule has 2 heterocycles. The van der Waals surface area contributed by atoms with Gasteiger partial charge in [0.1, 0.15) is 17.9 Å². The molecule has 0 N–H and O–H groups in total. The first-order valence-corrected chi connectivity index (χ1v) is 13.7. The van der Waals surface area contributed by atoms with Crippen LogP contribution in [0, 0.1) is 0 Å². The Morgan fingerprint density at radius 3 is 2.22 bits per heavy atom. The van der Waals surface area contributed by atoms with Crippen LogP contribution in [0.1, 0.15) is 82.8 Å². The minimum absolute atomic E-state index is 0.00719. The highest BCUT2D eigenvalue weighted by Gasteiger charge is 2.35. The Balaban J connectivity index is 0.00000226. The maximum Gasteiger partial charge on any atom is 0.287 e. The number of benzene rings is 1. The predicted octanol–water partition coefficient (Wildman–Crippen LogP) is 8.48. The fourth-order valence-electron chi connectivity index (χ4n) is 4.25. The molecule has 222 valence electrons. The van der Waals surface area contributed by atoms with E-state index in [1.165, 1.54) is 19.3 Å². The molecule has 2 aromatic heterocycles. The average Bonchev–Trinajstić information content (AvgIpc) is 3.72. The zero-order valence-corrected chi connectivity index (χ0v) is 24.9. The Morgan fingerprint density at radius 1 is 1.07 bits per heavy atom. The molecule has 0 saturated heterocycles. The summed E-state index contributed by atoms with van der Waals surface area (Å²) in [7, 11) is 3.21. The third-order valence-corrected chi connectivity index (χ3v) is 6.54. The van der Waals surface area contributed by atoms with Crippen molar-refractivity contribution in [3.8, 4) is 23.1 Å². The Bertz CT molecular complexity index is 1400. The Kier molecular flexibility index (Phi) is 9.99. The maximum absolute atomic E-state index is 14.4. The highest BCUT2D eigenvalue weighted by Crippen LogP contribution is 2.46. The van der Waals surface area contributed by atoms with Crippen molar-refractivity contribution in [2.75, 3.05) is 7.11 Å². The van der Waals surface area contributed by atoms with Gasteiger partial charge in [0.15, 0.2) is 5.82 Å². The number of hydrogen-bond donors (Lipinski definition) is 0. The van der Waals surface area contributed by atoms with Crippen LogP contribution in [0.4, 0.5) is 17.6 Å². The van der Waals surface area contributed by atoms with E-state index in [1.54, 1.807) is 49.8 Å².